The summed E-state index contributed by atoms with van der Waals surface area (Å²) in [6.07, 6.45) is 4.20. The number of H-pyrrole nitrogens is 1. The summed E-state index contributed by atoms with van der Waals surface area (Å²) in [4.78, 5) is 18.5. The quantitative estimate of drug-likeness (QED) is 0.496. The van der Waals surface area contributed by atoms with E-state index in [2.05, 4.69) is 20.5 Å². The molecule has 25 heavy (non-hydrogen) atoms. The van der Waals surface area contributed by atoms with Gasteiger partial charge in [-0.2, -0.15) is 5.10 Å². The van der Waals surface area contributed by atoms with E-state index >= 15 is 0 Å². The number of nitrogens with zero attached hydrogens (tertiary/aromatic N) is 4. The Hall–Kier alpha value is -2.30. The van der Waals surface area contributed by atoms with Crippen molar-refractivity contribution in [2.24, 2.45) is 0 Å². The highest BCUT2D eigenvalue weighted by Gasteiger charge is 2.11. The van der Waals surface area contributed by atoms with E-state index in [9.17, 15) is 4.79 Å². The number of aromatic amines is 1. The summed E-state index contributed by atoms with van der Waals surface area (Å²) in [5.74, 6) is 0.721. The van der Waals surface area contributed by atoms with Gasteiger partial charge in [0.25, 0.3) is 0 Å². The Labute approximate surface area is 156 Å². The average molecular weight is 391 g/mol. The van der Waals surface area contributed by atoms with Gasteiger partial charge in [0.15, 0.2) is 15.6 Å². The van der Waals surface area contributed by atoms with E-state index < -0.39 is 0 Å². The third kappa shape index (κ3) is 3.41. The number of carbonyl (C=O) groups is 1. The van der Waals surface area contributed by atoms with Crippen LogP contribution in [-0.2, 0) is 17.9 Å². The highest BCUT2D eigenvalue weighted by molar-refractivity contribution is 7.71. The van der Waals surface area contributed by atoms with Gasteiger partial charge >= 0.3 is 0 Å². The standard InChI is InChI=1S/C15H14N6OS3/c22-12(16-8-10-9-20-5-7-25-15(20)17-10)3-4-21-13(18-19-14(21)23)11-2-1-6-24-11/h1-2,5-7,9H,3-4,8H2,(H,16,22)(H,19,23). The smallest absolute Gasteiger partial charge is 0.222 e. The highest BCUT2D eigenvalue weighted by Crippen LogP contribution is 2.22. The van der Waals surface area contributed by atoms with Gasteiger partial charge in [0, 0.05) is 30.7 Å². The number of rotatable bonds is 6. The van der Waals surface area contributed by atoms with Gasteiger partial charge in [0.05, 0.1) is 17.1 Å². The van der Waals surface area contributed by atoms with Crippen LogP contribution in [0.25, 0.3) is 15.7 Å². The second kappa shape index (κ2) is 6.90. The Morgan fingerprint density at radius 2 is 2.28 bits per heavy atom. The maximum absolute atomic E-state index is 12.2. The molecule has 0 atom stereocenters. The molecule has 0 unspecified atom stereocenters. The largest absolute Gasteiger partial charge is 0.350 e. The molecule has 7 nitrogen and oxygen atoms in total. The molecule has 0 radical (unpaired) electrons. The van der Waals surface area contributed by atoms with E-state index in [-0.39, 0.29) is 5.91 Å². The van der Waals surface area contributed by atoms with Gasteiger partial charge in [-0.15, -0.1) is 22.7 Å². The van der Waals surface area contributed by atoms with Crippen molar-refractivity contribution in [3.05, 3.63) is 45.8 Å². The van der Waals surface area contributed by atoms with E-state index in [0.717, 1.165) is 21.4 Å². The molecule has 4 aromatic rings. The van der Waals surface area contributed by atoms with Gasteiger partial charge in [-0.05, 0) is 23.7 Å². The first-order chi connectivity index (χ1) is 12.2. The lowest BCUT2D eigenvalue weighted by Crippen LogP contribution is -2.24. The second-order valence-corrected chi connectivity index (χ2v) is 7.54. The molecule has 0 bridgehead atoms. The molecule has 0 aliphatic carbocycles. The number of amides is 1. The lowest BCUT2D eigenvalue weighted by molar-refractivity contribution is -0.121. The van der Waals surface area contributed by atoms with Gasteiger partial charge in [0.2, 0.25) is 5.91 Å². The summed E-state index contributed by atoms with van der Waals surface area (Å²) >= 11 is 8.43. The van der Waals surface area contributed by atoms with E-state index in [1.807, 2.05) is 44.3 Å². The molecule has 4 aromatic heterocycles. The summed E-state index contributed by atoms with van der Waals surface area (Å²) in [6.45, 7) is 0.897. The third-order valence-electron chi connectivity index (χ3n) is 3.67. The van der Waals surface area contributed by atoms with Gasteiger partial charge in [-0.1, -0.05) is 6.07 Å². The highest BCUT2D eigenvalue weighted by atomic mass is 32.1. The fraction of sp³-hybridized carbons (Fsp3) is 0.200. The topological polar surface area (TPSA) is 80.0 Å². The fourth-order valence-corrected chi connectivity index (χ4v) is 4.14. The lowest BCUT2D eigenvalue weighted by atomic mass is 10.3. The normalized spacial score (nSPS) is 11.2. The van der Waals surface area contributed by atoms with Crippen LogP contribution in [0.4, 0.5) is 0 Å². The summed E-state index contributed by atoms with van der Waals surface area (Å²) in [7, 11) is 0. The summed E-state index contributed by atoms with van der Waals surface area (Å²) in [5.41, 5.74) is 0.847. The maximum atomic E-state index is 12.2. The average Bonchev–Trinajstić information content (AvgIpc) is 3.35. The Kier molecular flexibility index (Phi) is 4.47. The van der Waals surface area contributed by atoms with Crippen molar-refractivity contribution in [1.82, 2.24) is 29.5 Å². The molecular formula is C15H14N6OS3. The first-order valence-corrected chi connectivity index (χ1v) is 9.74. The first kappa shape index (κ1) is 16.2. The van der Waals surface area contributed by atoms with Gasteiger partial charge in [-0.3, -0.25) is 18.9 Å². The molecule has 10 heteroatoms. The van der Waals surface area contributed by atoms with E-state index in [1.54, 1.807) is 22.7 Å². The molecule has 0 saturated heterocycles. The number of thiazole rings is 1. The van der Waals surface area contributed by atoms with Gasteiger partial charge in [-0.25, -0.2) is 4.98 Å². The van der Waals surface area contributed by atoms with Crippen molar-refractivity contribution in [3.63, 3.8) is 0 Å². The van der Waals surface area contributed by atoms with Crippen LogP contribution in [0.15, 0.2) is 35.3 Å². The minimum Gasteiger partial charge on any atom is -0.350 e. The first-order valence-electron chi connectivity index (χ1n) is 7.57. The number of fused-ring (bicyclic) bond motifs is 1. The van der Waals surface area contributed by atoms with Crippen molar-refractivity contribution in [1.29, 1.82) is 0 Å². The molecule has 128 valence electrons. The van der Waals surface area contributed by atoms with E-state index in [4.69, 9.17) is 12.2 Å². The zero-order chi connectivity index (χ0) is 17.2. The molecule has 1 amide bonds. The third-order valence-corrected chi connectivity index (χ3v) is 5.62. The van der Waals surface area contributed by atoms with Crippen molar-refractivity contribution in [2.75, 3.05) is 0 Å². The number of imidazole rings is 1. The Bertz CT molecular complexity index is 1030. The number of thiophene rings is 1. The number of aromatic nitrogens is 5. The predicted molar refractivity (Wildman–Crippen MR) is 100 cm³/mol. The van der Waals surface area contributed by atoms with Crippen LogP contribution >= 0.6 is 34.9 Å². The molecule has 0 aromatic carbocycles. The SMILES string of the molecule is O=C(CCn1c(-c2cccs2)n[nH]c1=S)NCc1cn2ccsc2n1. The molecule has 0 saturated carbocycles. The van der Waals surface area contributed by atoms with Gasteiger partial charge in [0.1, 0.15) is 0 Å². The van der Waals surface area contributed by atoms with Crippen LogP contribution in [0, 0.1) is 4.77 Å². The molecule has 4 heterocycles. The van der Waals surface area contributed by atoms with Crippen LogP contribution < -0.4 is 5.32 Å². The number of nitrogens with one attached hydrogen (secondary N) is 2. The summed E-state index contributed by atoms with van der Waals surface area (Å²) in [5, 5.41) is 13.9. The van der Waals surface area contributed by atoms with Crippen LogP contribution in [0.5, 0.6) is 0 Å². The minimum absolute atomic E-state index is 0.0448. The molecule has 4 rings (SSSR count). The molecule has 0 spiro atoms. The monoisotopic (exact) mass is 390 g/mol. The molecule has 0 aliphatic heterocycles. The van der Waals surface area contributed by atoms with Crippen molar-refractivity contribution < 1.29 is 4.79 Å². The maximum Gasteiger partial charge on any atom is 0.222 e. The Balaban J connectivity index is 1.37. The van der Waals surface area contributed by atoms with Crippen molar-refractivity contribution >= 4 is 45.8 Å². The van der Waals surface area contributed by atoms with Gasteiger partial charge < -0.3 is 5.32 Å². The number of hydrogen-bond donors (Lipinski definition) is 2. The second-order valence-electron chi connectivity index (χ2n) is 5.33. The minimum atomic E-state index is -0.0448. The van der Waals surface area contributed by atoms with Crippen molar-refractivity contribution in [3.8, 4) is 10.7 Å². The molecule has 2 N–H and O–H groups in total. The summed E-state index contributed by atoms with van der Waals surface area (Å²) in [6, 6.07) is 3.95. The van der Waals surface area contributed by atoms with Crippen LogP contribution in [-0.4, -0.2) is 30.1 Å². The van der Waals surface area contributed by atoms with Crippen molar-refractivity contribution in [2.45, 2.75) is 19.5 Å². The van der Waals surface area contributed by atoms with E-state index in [0.29, 0.717) is 24.3 Å². The molecular weight excluding hydrogens is 376 g/mol. The summed E-state index contributed by atoms with van der Waals surface area (Å²) < 4.78 is 4.32. The zero-order valence-corrected chi connectivity index (χ0v) is 15.5. The molecule has 0 fully saturated rings. The fourth-order valence-electron chi connectivity index (χ4n) is 2.47. The number of hydrogen-bond acceptors (Lipinski definition) is 6. The predicted octanol–water partition coefficient (Wildman–Crippen LogP) is 3.08. The Morgan fingerprint density at radius 3 is 3.08 bits per heavy atom. The zero-order valence-electron chi connectivity index (χ0n) is 13.0. The van der Waals surface area contributed by atoms with Crippen LogP contribution in [0.3, 0.4) is 0 Å². The van der Waals surface area contributed by atoms with Crippen LogP contribution in [0.1, 0.15) is 12.1 Å². The van der Waals surface area contributed by atoms with Crippen LogP contribution in [0.2, 0.25) is 0 Å². The Morgan fingerprint density at radius 1 is 1.36 bits per heavy atom. The number of carbonyl (C=O) groups excluding carboxylic acids is 1. The molecule has 0 aliphatic rings. The lowest BCUT2D eigenvalue weighted by Gasteiger charge is -2.06. The van der Waals surface area contributed by atoms with E-state index in [1.165, 1.54) is 0 Å².